The summed E-state index contributed by atoms with van der Waals surface area (Å²) in [5, 5.41) is 3.96. The molecule has 0 bridgehead atoms. The van der Waals surface area contributed by atoms with E-state index in [2.05, 4.69) is 15.0 Å². The Kier molecular flexibility index (Phi) is 5.92. The molecule has 4 heterocycles. The molecule has 1 fully saturated rings. The van der Waals surface area contributed by atoms with E-state index in [0.717, 1.165) is 5.56 Å². The van der Waals surface area contributed by atoms with Gasteiger partial charge in [0.15, 0.2) is 15.7 Å². The molecule has 156 valence electrons. The molecule has 1 amide bonds. The van der Waals surface area contributed by atoms with Gasteiger partial charge < -0.3 is 4.90 Å². The van der Waals surface area contributed by atoms with Gasteiger partial charge in [-0.05, 0) is 47.4 Å². The maximum atomic E-state index is 12.6. The van der Waals surface area contributed by atoms with Crippen molar-refractivity contribution in [3.05, 3.63) is 58.7 Å². The van der Waals surface area contributed by atoms with Crippen LogP contribution in [0.3, 0.4) is 0 Å². The molecule has 1 aliphatic rings. The van der Waals surface area contributed by atoms with E-state index in [-0.39, 0.29) is 16.7 Å². The van der Waals surface area contributed by atoms with Gasteiger partial charge in [-0.1, -0.05) is 6.07 Å². The van der Waals surface area contributed by atoms with Crippen molar-refractivity contribution in [3.63, 3.8) is 0 Å². The van der Waals surface area contributed by atoms with E-state index < -0.39 is 9.84 Å². The molecule has 0 unspecified atom stereocenters. The van der Waals surface area contributed by atoms with E-state index in [9.17, 15) is 13.2 Å². The maximum absolute atomic E-state index is 12.6. The van der Waals surface area contributed by atoms with Crippen molar-refractivity contribution >= 4 is 27.1 Å². The van der Waals surface area contributed by atoms with Crippen molar-refractivity contribution in [2.24, 2.45) is 0 Å². The fraction of sp³-hybridized carbons (Fsp3) is 0.333. The normalized spacial score (nSPS) is 15.3. The molecular formula is C21H22N4O3S2. The zero-order valence-electron chi connectivity index (χ0n) is 16.6. The second-order valence-corrected chi connectivity index (χ2v) is 10.2. The number of aromatic nitrogens is 3. The number of thiophene rings is 1. The second kappa shape index (κ2) is 8.61. The second-order valence-electron chi connectivity index (χ2n) is 7.39. The van der Waals surface area contributed by atoms with E-state index in [1.54, 1.807) is 29.7 Å². The Morgan fingerprint density at radius 3 is 2.63 bits per heavy atom. The molecule has 30 heavy (non-hydrogen) atoms. The van der Waals surface area contributed by atoms with Crippen molar-refractivity contribution < 1.29 is 13.2 Å². The number of sulfone groups is 1. The molecule has 0 spiro atoms. The van der Waals surface area contributed by atoms with Crippen LogP contribution in [0.2, 0.25) is 0 Å². The SMILES string of the molecule is CS(=O)(=O)c1cnc(-c2ccccn2)nc1C1CCN(C(=O)Cc2ccsc2)CC1. The molecule has 0 radical (unpaired) electrons. The number of piperidine rings is 1. The minimum Gasteiger partial charge on any atom is -0.342 e. The summed E-state index contributed by atoms with van der Waals surface area (Å²) in [6.45, 7) is 1.17. The van der Waals surface area contributed by atoms with E-state index in [0.29, 0.717) is 49.6 Å². The number of rotatable bonds is 5. The van der Waals surface area contributed by atoms with Crippen molar-refractivity contribution in [2.75, 3.05) is 19.3 Å². The number of carbonyl (C=O) groups excluding carboxylic acids is 1. The lowest BCUT2D eigenvalue weighted by molar-refractivity contribution is -0.131. The summed E-state index contributed by atoms with van der Waals surface area (Å²) in [6.07, 6.45) is 5.94. The Bertz CT molecular complexity index is 1120. The molecule has 1 aliphatic heterocycles. The van der Waals surface area contributed by atoms with Crippen LogP contribution in [0.25, 0.3) is 11.5 Å². The number of nitrogens with zero attached hydrogens (tertiary/aromatic N) is 4. The summed E-state index contributed by atoms with van der Waals surface area (Å²) in [4.78, 5) is 27.7. The minimum atomic E-state index is -3.47. The quantitative estimate of drug-likeness (QED) is 0.603. The number of hydrogen-bond acceptors (Lipinski definition) is 7. The number of pyridine rings is 1. The summed E-state index contributed by atoms with van der Waals surface area (Å²) in [6, 6.07) is 7.41. The van der Waals surface area contributed by atoms with Gasteiger partial charge in [0.05, 0.1) is 12.1 Å². The summed E-state index contributed by atoms with van der Waals surface area (Å²) < 4.78 is 24.7. The van der Waals surface area contributed by atoms with Crippen LogP contribution in [-0.4, -0.2) is 53.5 Å². The third-order valence-corrected chi connectivity index (χ3v) is 7.09. The monoisotopic (exact) mass is 442 g/mol. The third kappa shape index (κ3) is 4.57. The molecule has 0 N–H and O–H groups in total. The van der Waals surface area contributed by atoms with Crippen molar-refractivity contribution in [2.45, 2.75) is 30.1 Å². The van der Waals surface area contributed by atoms with E-state index >= 15 is 0 Å². The van der Waals surface area contributed by atoms with E-state index in [1.807, 2.05) is 27.8 Å². The van der Waals surface area contributed by atoms with Gasteiger partial charge in [-0.15, -0.1) is 0 Å². The largest absolute Gasteiger partial charge is 0.342 e. The van der Waals surface area contributed by atoms with Crippen LogP contribution in [0, 0.1) is 0 Å². The lowest BCUT2D eigenvalue weighted by Gasteiger charge is -2.32. The first-order valence-electron chi connectivity index (χ1n) is 9.69. The van der Waals surface area contributed by atoms with Crippen molar-refractivity contribution in [3.8, 4) is 11.5 Å². The molecule has 9 heteroatoms. The first kappa shape index (κ1) is 20.6. The van der Waals surface area contributed by atoms with Crippen LogP contribution in [0.1, 0.15) is 30.0 Å². The van der Waals surface area contributed by atoms with Gasteiger partial charge in [0.25, 0.3) is 0 Å². The summed E-state index contributed by atoms with van der Waals surface area (Å²) in [7, 11) is -3.47. The molecule has 0 atom stereocenters. The molecular weight excluding hydrogens is 420 g/mol. The van der Waals surface area contributed by atoms with Crippen LogP contribution >= 0.6 is 11.3 Å². The van der Waals surface area contributed by atoms with Gasteiger partial charge in [-0.2, -0.15) is 11.3 Å². The molecule has 0 aliphatic carbocycles. The lowest BCUT2D eigenvalue weighted by atomic mass is 9.93. The Hall–Kier alpha value is -2.65. The minimum absolute atomic E-state index is 0.0506. The molecule has 0 saturated carbocycles. The number of carbonyl (C=O) groups is 1. The topological polar surface area (TPSA) is 93.1 Å². The molecule has 3 aromatic rings. The van der Waals surface area contributed by atoms with Crippen LogP contribution in [-0.2, 0) is 21.1 Å². The van der Waals surface area contributed by atoms with Gasteiger partial charge in [-0.3, -0.25) is 9.78 Å². The fourth-order valence-corrected chi connectivity index (χ4v) is 5.17. The van der Waals surface area contributed by atoms with E-state index in [4.69, 9.17) is 0 Å². The number of likely N-dealkylation sites (tertiary alicyclic amines) is 1. The average molecular weight is 443 g/mol. The van der Waals surface area contributed by atoms with Crippen molar-refractivity contribution in [1.82, 2.24) is 19.9 Å². The molecule has 3 aromatic heterocycles. The van der Waals surface area contributed by atoms with Crippen LogP contribution in [0.15, 0.2) is 52.3 Å². The standard InChI is InChI=1S/C21H22N4O3S2/c1-30(27,28)18-13-23-21(17-4-2-3-8-22-17)24-20(18)16-5-9-25(10-6-16)19(26)12-15-7-11-29-14-15/h2-4,7-8,11,13-14,16H,5-6,9-10,12H2,1H3. The predicted molar refractivity (Wildman–Crippen MR) is 115 cm³/mol. The van der Waals surface area contributed by atoms with Gasteiger partial charge in [0.2, 0.25) is 5.91 Å². The zero-order chi connectivity index (χ0) is 21.1. The highest BCUT2D eigenvalue weighted by Crippen LogP contribution is 2.32. The predicted octanol–water partition coefficient (Wildman–Crippen LogP) is 2.95. The number of amides is 1. The smallest absolute Gasteiger partial charge is 0.227 e. The fourth-order valence-electron chi connectivity index (χ4n) is 3.66. The summed E-state index contributed by atoms with van der Waals surface area (Å²) in [5.74, 6) is 0.464. The Morgan fingerprint density at radius 2 is 2.00 bits per heavy atom. The number of hydrogen-bond donors (Lipinski definition) is 0. The Labute approximate surface area is 179 Å². The zero-order valence-corrected chi connectivity index (χ0v) is 18.2. The van der Waals surface area contributed by atoms with Crippen molar-refractivity contribution in [1.29, 1.82) is 0 Å². The maximum Gasteiger partial charge on any atom is 0.227 e. The first-order chi connectivity index (χ1) is 14.4. The highest BCUT2D eigenvalue weighted by Gasteiger charge is 2.29. The highest BCUT2D eigenvalue weighted by molar-refractivity contribution is 7.90. The molecule has 1 saturated heterocycles. The summed E-state index contributed by atoms with van der Waals surface area (Å²) >= 11 is 1.58. The van der Waals surface area contributed by atoms with Crippen LogP contribution in [0.5, 0.6) is 0 Å². The van der Waals surface area contributed by atoms with Crippen LogP contribution in [0.4, 0.5) is 0 Å². The van der Waals surface area contributed by atoms with E-state index in [1.165, 1.54) is 12.5 Å². The first-order valence-corrected chi connectivity index (χ1v) is 12.5. The third-order valence-electron chi connectivity index (χ3n) is 5.25. The summed E-state index contributed by atoms with van der Waals surface area (Å²) in [5.41, 5.74) is 2.16. The van der Waals surface area contributed by atoms with Gasteiger partial charge in [0, 0.05) is 37.7 Å². The highest BCUT2D eigenvalue weighted by atomic mass is 32.2. The Balaban J connectivity index is 1.55. The average Bonchev–Trinajstić information content (AvgIpc) is 3.26. The molecule has 4 rings (SSSR count). The van der Waals surface area contributed by atoms with Gasteiger partial charge in [0.1, 0.15) is 10.6 Å². The molecule has 7 nitrogen and oxygen atoms in total. The van der Waals surface area contributed by atoms with Gasteiger partial charge >= 0.3 is 0 Å². The lowest BCUT2D eigenvalue weighted by Crippen LogP contribution is -2.39. The Morgan fingerprint density at radius 1 is 1.20 bits per heavy atom. The molecule has 0 aromatic carbocycles. The van der Waals surface area contributed by atoms with Gasteiger partial charge in [-0.25, -0.2) is 18.4 Å². The van der Waals surface area contributed by atoms with Crippen LogP contribution < -0.4 is 0 Å².